The lowest BCUT2D eigenvalue weighted by Crippen LogP contribution is -2.36. The van der Waals surface area contributed by atoms with E-state index in [4.69, 9.17) is 29.5 Å². The Kier molecular flexibility index (Phi) is 20.6. The van der Waals surface area contributed by atoms with Crippen molar-refractivity contribution < 1.29 is 72.3 Å². The molecule has 0 saturated carbocycles. The minimum absolute atomic E-state index is 0.0401. The molecule has 6 N–H and O–H groups in total. The number of benzene rings is 3. The fraction of sp³-hybridized carbons (Fsp3) is 0.263. The summed E-state index contributed by atoms with van der Waals surface area (Å²) in [6.45, 7) is 5.44. The van der Waals surface area contributed by atoms with Crippen LogP contribution in [0.2, 0.25) is 0 Å². The summed E-state index contributed by atoms with van der Waals surface area (Å²) in [6, 6.07) is 29.1. The van der Waals surface area contributed by atoms with E-state index >= 15 is 0 Å². The molecule has 0 aliphatic carbocycles. The average Bonchev–Trinajstić information content (AvgIpc) is 3.49. The van der Waals surface area contributed by atoms with Crippen molar-refractivity contribution in [3.8, 4) is 52.8 Å². The van der Waals surface area contributed by atoms with Gasteiger partial charge in [0, 0.05) is 112 Å². The van der Waals surface area contributed by atoms with Gasteiger partial charge in [-0.25, -0.2) is 29.3 Å². The van der Waals surface area contributed by atoms with Crippen LogP contribution in [-0.2, 0) is 47.7 Å². The van der Waals surface area contributed by atoms with E-state index in [1.807, 2.05) is 0 Å². The first-order valence-electron chi connectivity index (χ1n) is 24.9. The van der Waals surface area contributed by atoms with Gasteiger partial charge in [0.25, 0.3) is 0 Å². The van der Waals surface area contributed by atoms with Crippen molar-refractivity contribution in [3.05, 3.63) is 160 Å². The molecule has 4 heterocycles. The number of rotatable bonds is 18. The number of carboxylic acid groups (broad SMARTS) is 3. The topological polar surface area (TPSA) is 300 Å². The van der Waals surface area contributed by atoms with Crippen molar-refractivity contribution in [1.29, 1.82) is 0 Å². The summed E-state index contributed by atoms with van der Waals surface area (Å²) < 4.78 is 55.3. The van der Waals surface area contributed by atoms with Crippen LogP contribution in [-0.4, -0.2) is 157 Å². The zero-order chi connectivity index (χ0) is 58.3. The van der Waals surface area contributed by atoms with Gasteiger partial charge in [0.15, 0.2) is 19.8 Å². The third-order valence-electron chi connectivity index (χ3n) is 11.9. The van der Waals surface area contributed by atoms with Gasteiger partial charge in [-0.3, -0.25) is 28.4 Å². The molecule has 0 amide bonds. The number of hydrogen-bond acceptors (Lipinski definition) is 15. The number of hydrogen-bond donors (Lipinski definition) is 6. The lowest BCUT2D eigenvalue weighted by molar-refractivity contribution is -0.140. The van der Waals surface area contributed by atoms with Crippen LogP contribution in [0.5, 0.6) is 17.2 Å². The molecule has 1 aliphatic heterocycles. The Morgan fingerprint density at radius 2 is 0.630 bits per heavy atom. The van der Waals surface area contributed by atoms with Crippen LogP contribution in [0, 0.1) is 35.5 Å². The molecule has 420 valence electrons. The lowest BCUT2D eigenvalue weighted by atomic mass is 10.1. The minimum atomic E-state index is -3.90. The number of carbonyl (C=O) groups is 3. The van der Waals surface area contributed by atoms with E-state index < -0.39 is 59.8 Å². The van der Waals surface area contributed by atoms with E-state index in [2.05, 4.69) is 65.2 Å². The Labute approximate surface area is 467 Å². The highest BCUT2D eigenvalue weighted by molar-refractivity contribution is 7.65. The normalized spacial score (nSPS) is 15.3. The van der Waals surface area contributed by atoms with Crippen molar-refractivity contribution in [1.82, 2.24) is 29.7 Å². The Morgan fingerprint density at radius 1 is 0.407 bits per heavy atom. The SMILES string of the molecule is CP(=O)(O)c1cc(C#Cc2ccc(OCC(=O)O)cc2)cc(CN2CCN(Cc3cc(C#Cc4ccc(OCC(=O)O)cc4)cc(P(C)(=O)O)n3)CCN(Cc3cc(C#Cc4ccc(OCC(=O)O)cc4)cc(P(C)(=O)O)n3)CC2)n1. The van der Waals surface area contributed by atoms with Gasteiger partial charge in [0.05, 0.1) is 17.1 Å². The monoisotopic (exact) mass is 1160 g/mol. The molecule has 0 radical (unpaired) electrons. The Balaban J connectivity index is 1.20. The van der Waals surface area contributed by atoms with Crippen LogP contribution in [0.4, 0.5) is 0 Å². The molecule has 1 fully saturated rings. The average molecular weight is 1160 g/mol. The molecule has 3 aromatic carbocycles. The first kappa shape index (κ1) is 60.7. The second-order valence-electron chi connectivity index (χ2n) is 19.0. The van der Waals surface area contributed by atoms with Crippen LogP contribution in [0.15, 0.2) is 109 Å². The molecule has 0 spiro atoms. The van der Waals surface area contributed by atoms with Gasteiger partial charge in [-0.1, -0.05) is 35.5 Å². The van der Waals surface area contributed by atoms with Crippen molar-refractivity contribution in [3.63, 3.8) is 0 Å². The lowest BCUT2D eigenvalue weighted by Gasteiger charge is -2.26. The summed E-state index contributed by atoms with van der Waals surface area (Å²) in [5.41, 5.74) is 4.29. The highest BCUT2D eigenvalue weighted by Crippen LogP contribution is 2.35. The zero-order valence-corrected chi connectivity index (χ0v) is 46.9. The summed E-state index contributed by atoms with van der Waals surface area (Å²) in [4.78, 5) is 85.5. The molecule has 6 aromatic rings. The molecule has 3 unspecified atom stereocenters. The fourth-order valence-electron chi connectivity index (χ4n) is 7.93. The maximum atomic E-state index is 13.2. The summed E-state index contributed by atoms with van der Waals surface area (Å²) >= 11 is 0. The van der Waals surface area contributed by atoms with Crippen LogP contribution >= 0.6 is 22.1 Å². The van der Waals surface area contributed by atoms with Gasteiger partial charge in [-0.15, -0.1) is 0 Å². The first-order chi connectivity index (χ1) is 38.4. The summed E-state index contributed by atoms with van der Waals surface area (Å²) in [5.74, 6) is 16.0. The number of carboxylic acids is 3. The predicted octanol–water partition coefficient (Wildman–Crippen LogP) is 3.86. The van der Waals surface area contributed by atoms with E-state index in [0.717, 1.165) is 0 Å². The predicted molar refractivity (Wildman–Crippen MR) is 301 cm³/mol. The van der Waals surface area contributed by atoms with Crippen LogP contribution in [0.3, 0.4) is 0 Å². The first-order valence-corrected chi connectivity index (χ1v) is 31.2. The van der Waals surface area contributed by atoms with Crippen molar-refractivity contribution in [2.24, 2.45) is 0 Å². The molecular formula is C57H57N6O15P3. The molecule has 0 bridgehead atoms. The molecule has 1 saturated heterocycles. The van der Waals surface area contributed by atoms with Crippen LogP contribution in [0.1, 0.15) is 50.5 Å². The third-order valence-corrected chi connectivity index (χ3v) is 15.2. The van der Waals surface area contributed by atoms with Gasteiger partial charge in [0.2, 0.25) is 22.1 Å². The molecule has 3 aromatic heterocycles. The van der Waals surface area contributed by atoms with Crippen molar-refractivity contribution in [2.75, 3.05) is 79.1 Å². The van der Waals surface area contributed by atoms with Gasteiger partial charge in [-0.2, -0.15) is 0 Å². The molecule has 81 heavy (non-hydrogen) atoms. The van der Waals surface area contributed by atoms with Gasteiger partial charge < -0.3 is 44.2 Å². The van der Waals surface area contributed by atoms with Gasteiger partial charge in [-0.05, 0) is 109 Å². The standard InChI is InChI=1S/C57H57N6O15P3/c1-79(70,71)52-31-43(7-4-40-10-16-49(17-11-40)76-37-55(64)65)28-46(58-52)34-61-22-24-62(35-47-29-44(32-53(59-47)80(2,72)73)8-5-41-12-18-50(19-13-41)77-38-56(66)67)26-27-63(25-23-61)36-48-30-45(33-54(60-48)81(3,74)75)9-6-42-14-20-51(21-15-42)78-39-57(68)69/h10-21,28-33H,22-27,34-39H2,1-3H3,(H,64,65)(H,66,67)(H,68,69)(H,70,71)(H,72,73)(H,74,75). The minimum Gasteiger partial charge on any atom is -0.482 e. The second kappa shape index (κ2) is 27.5. The molecule has 21 nitrogen and oxygen atoms in total. The van der Waals surface area contributed by atoms with Crippen LogP contribution < -0.4 is 30.5 Å². The summed E-state index contributed by atoms with van der Waals surface area (Å²) in [7, 11) is -11.7. The Hall–Kier alpha value is -7.95. The zero-order valence-electron chi connectivity index (χ0n) is 44.3. The van der Waals surface area contributed by atoms with Crippen molar-refractivity contribution in [2.45, 2.75) is 19.6 Å². The smallest absolute Gasteiger partial charge is 0.341 e. The fourth-order valence-corrected chi connectivity index (χ4v) is 10.0. The number of aromatic nitrogens is 3. The van der Waals surface area contributed by atoms with Gasteiger partial charge >= 0.3 is 17.9 Å². The summed E-state index contributed by atoms with van der Waals surface area (Å²) in [5, 5.41) is 26.9. The molecule has 1 aliphatic rings. The highest BCUT2D eigenvalue weighted by Gasteiger charge is 2.24. The second-order valence-corrected chi connectivity index (χ2v) is 25.6. The van der Waals surface area contributed by atoms with E-state index in [-0.39, 0.29) is 35.9 Å². The van der Waals surface area contributed by atoms with E-state index in [9.17, 15) is 42.8 Å². The van der Waals surface area contributed by atoms with Crippen molar-refractivity contribution >= 4 is 56.3 Å². The summed E-state index contributed by atoms with van der Waals surface area (Å²) in [6.07, 6.45) is 0. The van der Waals surface area contributed by atoms with E-state index in [0.29, 0.717) is 107 Å². The maximum absolute atomic E-state index is 13.2. The Bertz CT molecular complexity index is 3230. The van der Waals surface area contributed by atoms with Crippen LogP contribution in [0.25, 0.3) is 0 Å². The molecule has 3 atom stereocenters. The van der Waals surface area contributed by atoms with E-state index in [1.165, 1.54) is 38.2 Å². The number of nitrogens with zero attached hydrogens (tertiary/aromatic N) is 6. The molecule has 7 rings (SSSR count). The quantitative estimate of drug-likeness (QED) is 0.0526. The third kappa shape index (κ3) is 20.0. The number of pyridine rings is 3. The molecular weight excluding hydrogens is 1100 g/mol. The Morgan fingerprint density at radius 3 is 0.840 bits per heavy atom. The van der Waals surface area contributed by atoms with E-state index in [1.54, 1.807) is 91.0 Å². The maximum Gasteiger partial charge on any atom is 0.341 e. The highest BCUT2D eigenvalue weighted by atomic mass is 31.2. The number of ether oxygens (including phenoxy) is 3. The molecule has 24 heteroatoms. The van der Waals surface area contributed by atoms with Gasteiger partial charge in [0.1, 0.15) is 33.6 Å². The number of aliphatic carboxylic acids is 3. The largest absolute Gasteiger partial charge is 0.482 e.